The second kappa shape index (κ2) is 5.34. The van der Waals surface area contributed by atoms with Crippen molar-refractivity contribution in [2.75, 3.05) is 18.6 Å². The minimum Gasteiger partial charge on any atom is -0.494 e. The van der Waals surface area contributed by atoms with Crippen LogP contribution in [0.2, 0.25) is 0 Å². The predicted molar refractivity (Wildman–Crippen MR) is 65.7 cm³/mol. The second-order valence-corrected chi connectivity index (χ2v) is 6.34. The topological polar surface area (TPSA) is 43.4 Å². The van der Waals surface area contributed by atoms with Gasteiger partial charge in [0.05, 0.1) is 12.4 Å². The van der Waals surface area contributed by atoms with E-state index in [0.717, 1.165) is 5.75 Å². The third-order valence-corrected chi connectivity index (χ3v) is 3.44. The summed E-state index contributed by atoms with van der Waals surface area (Å²) in [5.41, 5.74) is 2.41. The van der Waals surface area contributed by atoms with Crippen LogP contribution in [0.25, 0.3) is 0 Å². The van der Waals surface area contributed by atoms with Crippen LogP contribution >= 0.6 is 0 Å². The summed E-state index contributed by atoms with van der Waals surface area (Å²) in [7, 11) is -2.87. The maximum absolute atomic E-state index is 10.9. The molecule has 0 N–H and O–H groups in total. The summed E-state index contributed by atoms with van der Waals surface area (Å²) in [5.74, 6) is 0.981. The van der Waals surface area contributed by atoms with Crippen molar-refractivity contribution in [1.29, 1.82) is 0 Å². The van der Waals surface area contributed by atoms with Crippen molar-refractivity contribution >= 4 is 9.84 Å². The number of ether oxygens (including phenoxy) is 1. The van der Waals surface area contributed by atoms with E-state index in [2.05, 4.69) is 0 Å². The van der Waals surface area contributed by atoms with Crippen LogP contribution in [0.1, 0.15) is 17.5 Å². The Bertz CT molecular complexity index is 449. The fourth-order valence-electron chi connectivity index (χ4n) is 1.31. The van der Waals surface area contributed by atoms with Gasteiger partial charge in [0.25, 0.3) is 0 Å². The molecule has 0 fully saturated rings. The lowest BCUT2D eigenvalue weighted by Gasteiger charge is -2.07. The monoisotopic (exact) mass is 242 g/mol. The smallest absolute Gasteiger partial charge is 0.147 e. The van der Waals surface area contributed by atoms with Crippen molar-refractivity contribution in [1.82, 2.24) is 0 Å². The molecule has 1 aromatic carbocycles. The largest absolute Gasteiger partial charge is 0.494 e. The number of rotatable bonds is 5. The Labute approximate surface area is 97.4 Å². The average molecular weight is 242 g/mol. The normalized spacial score (nSPS) is 11.4. The molecule has 16 heavy (non-hydrogen) atoms. The summed E-state index contributed by atoms with van der Waals surface area (Å²) in [6, 6.07) is 5.87. The number of hydrogen-bond donors (Lipinski definition) is 0. The van der Waals surface area contributed by atoms with Gasteiger partial charge >= 0.3 is 0 Å². The highest BCUT2D eigenvalue weighted by molar-refractivity contribution is 7.90. The predicted octanol–water partition coefficient (Wildman–Crippen LogP) is 2.12. The summed E-state index contributed by atoms with van der Waals surface area (Å²) < 4.78 is 27.2. The van der Waals surface area contributed by atoms with Gasteiger partial charge in [-0.05, 0) is 43.5 Å². The van der Waals surface area contributed by atoms with E-state index in [4.69, 9.17) is 4.74 Å². The van der Waals surface area contributed by atoms with Gasteiger partial charge in [-0.25, -0.2) is 8.42 Å². The van der Waals surface area contributed by atoms with E-state index in [1.165, 1.54) is 17.4 Å². The van der Waals surface area contributed by atoms with Gasteiger partial charge in [0.1, 0.15) is 15.6 Å². The van der Waals surface area contributed by atoms with Gasteiger partial charge in [0.2, 0.25) is 0 Å². The first-order valence-electron chi connectivity index (χ1n) is 5.26. The van der Waals surface area contributed by atoms with Crippen molar-refractivity contribution < 1.29 is 13.2 Å². The molecule has 0 radical (unpaired) electrons. The molecule has 0 spiro atoms. The van der Waals surface area contributed by atoms with Gasteiger partial charge in [-0.2, -0.15) is 0 Å². The summed E-state index contributed by atoms with van der Waals surface area (Å²) in [6.45, 7) is 4.51. The lowest BCUT2D eigenvalue weighted by molar-refractivity contribution is 0.317. The summed E-state index contributed by atoms with van der Waals surface area (Å²) in [4.78, 5) is 0. The van der Waals surface area contributed by atoms with Crippen LogP contribution in [-0.4, -0.2) is 27.0 Å². The fourth-order valence-corrected chi connectivity index (χ4v) is 1.96. The third kappa shape index (κ3) is 4.66. The Morgan fingerprint density at radius 1 is 1.19 bits per heavy atom. The molecule has 1 aromatic rings. The fraction of sp³-hybridized carbons (Fsp3) is 0.500. The molecule has 90 valence electrons. The Balaban J connectivity index is 2.41. The highest BCUT2D eigenvalue weighted by atomic mass is 32.2. The first kappa shape index (κ1) is 13.0. The quantitative estimate of drug-likeness (QED) is 0.743. The number of sulfone groups is 1. The molecular weight excluding hydrogens is 224 g/mol. The van der Waals surface area contributed by atoms with E-state index >= 15 is 0 Å². The molecule has 0 heterocycles. The van der Waals surface area contributed by atoms with E-state index in [1.807, 2.05) is 32.0 Å². The molecule has 0 saturated carbocycles. The van der Waals surface area contributed by atoms with Gasteiger partial charge < -0.3 is 4.74 Å². The van der Waals surface area contributed by atoms with Gasteiger partial charge in [0, 0.05) is 6.26 Å². The van der Waals surface area contributed by atoms with E-state index in [9.17, 15) is 8.42 Å². The molecule has 0 aliphatic carbocycles. The van der Waals surface area contributed by atoms with E-state index in [-0.39, 0.29) is 5.75 Å². The number of benzene rings is 1. The van der Waals surface area contributed by atoms with Gasteiger partial charge in [-0.15, -0.1) is 0 Å². The molecule has 1 rings (SSSR count). The van der Waals surface area contributed by atoms with Crippen molar-refractivity contribution in [2.45, 2.75) is 20.3 Å². The molecule has 0 saturated heterocycles. The highest BCUT2D eigenvalue weighted by Gasteiger charge is 2.02. The van der Waals surface area contributed by atoms with Crippen molar-refractivity contribution in [2.24, 2.45) is 0 Å². The summed E-state index contributed by atoms with van der Waals surface area (Å²) >= 11 is 0. The third-order valence-electron chi connectivity index (χ3n) is 2.41. The first-order valence-corrected chi connectivity index (χ1v) is 7.32. The second-order valence-electron chi connectivity index (χ2n) is 4.08. The minimum absolute atomic E-state index is 0.178. The Hall–Kier alpha value is -1.03. The van der Waals surface area contributed by atoms with Crippen LogP contribution in [0, 0.1) is 13.8 Å². The Morgan fingerprint density at radius 3 is 2.44 bits per heavy atom. The SMILES string of the molecule is Cc1ccc(OCCCS(C)(=O)=O)cc1C. The maximum atomic E-state index is 10.9. The zero-order chi connectivity index (χ0) is 12.2. The van der Waals surface area contributed by atoms with E-state index < -0.39 is 9.84 Å². The average Bonchev–Trinajstić information content (AvgIpc) is 2.17. The van der Waals surface area contributed by atoms with E-state index in [1.54, 1.807) is 0 Å². The Kier molecular flexibility index (Phi) is 4.35. The van der Waals surface area contributed by atoms with Crippen LogP contribution in [0.15, 0.2) is 18.2 Å². The minimum atomic E-state index is -2.87. The molecule has 4 heteroatoms. The van der Waals surface area contributed by atoms with Gasteiger partial charge in [-0.1, -0.05) is 6.07 Å². The Morgan fingerprint density at radius 2 is 1.88 bits per heavy atom. The zero-order valence-corrected chi connectivity index (χ0v) is 10.8. The zero-order valence-electron chi connectivity index (χ0n) is 9.99. The molecule has 0 atom stereocenters. The maximum Gasteiger partial charge on any atom is 0.147 e. The molecule has 0 aromatic heterocycles. The van der Waals surface area contributed by atoms with Crippen molar-refractivity contribution in [3.05, 3.63) is 29.3 Å². The van der Waals surface area contributed by atoms with Crippen LogP contribution in [-0.2, 0) is 9.84 Å². The summed E-state index contributed by atoms with van der Waals surface area (Å²) in [5, 5.41) is 0. The van der Waals surface area contributed by atoms with Crippen LogP contribution < -0.4 is 4.74 Å². The molecule has 0 amide bonds. The van der Waals surface area contributed by atoms with Gasteiger partial charge in [0.15, 0.2) is 0 Å². The van der Waals surface area contributed by atoms with Crippen molar-refractivity contribution in [3.8, 4) is 5.75 Å². The number of hydrogen-bond acceptors (Lipinski definition) is 3. The number of aryl methyl sites for hydroxylation is 2. The standard InChI is InChI=1S/C12H18O3S/c1-10-5-6-12(9-11(10)2)15-7-4-8-16(3,13)14/h5-6,9H,4,7-8H2,1-3H3. The van der Waals surface area contributed by atoms with E-state index in [0.29, 0.717) is 13.0 Å². The molecular formula is C12H18O3S. The van der Waals surface area contributed by atoms with Crippen LogP contribution in [0.4, 0.5) is 0 Å². The molecule has 0 aliphatic heterocycles. The van der Waals surface area contributed by atoms with Crippen LogP contribution in [0.3, 0.4) is 0 Å². The molecule has 0 aliphatic rings. The van der Waals surface area contributed by atoms with Crippen LogP contribution in [0.5, 0.6) is 5.75 Å². The first-order chi connectivity index (χ1) is 7.38. The molecule has 0 bridgehead atoms. The lowest BCUT2D eigenvalue weighted by Crippen LogP contribution is -2.08. The van der Waals surface area contributed by atoms with Gasteiger partial charge in [-0.3, -0.25) is 0 Å². The lowest BCUT2D eigenvalue weighted by atomic mass is 10.1. The summed E-state index contributed by atoms with van der Waals surface area (Å²) in [6.07, 6.45) is 1.77. The highest BCUT2D eigenvalue weighted by Crippen LogP contribution is 2.16. The van der Waals surface area contributed by atoms with Crippen molar-refractivity contribution in [3.63, 3.8) is 0 Å². The molecule has 3 nitrogen and oxygen atoms in total. The molecule has 0 unspecified atom stereocenters.